The summed E-state index contributed by atoms with van der Waals surface area (Å²) in [5.41, 5.74) is 2.46. The monoisotopic (exact) mass is 424 g/mol. The zero-order valence-electron chi connectivity index (χ0n) is 17.4. The number of nitrogens with zero attached hydrogens (tertiary/aromatic N) is 4. The summed E-state index contributed by atoms with van der Waals surface area (Å²) in [4.78, 5) is 15.8. The second-order valence-electron chi connectivity index (χ2n) is 7.58. The van der Waals surface area contributed by atoms with Crippen LogP contribution in [0, 0.1) is 6.92 Å². The van der Waals surface area contributed by atoms with E-state index < -0.39 is 0 Å². The summed E-state index contributed by atoms with van der Waals surface area (Å²) in [6, 6.07) is 21.3. The number of ether oxygens (including phenoxy) is 1. The van der Waals surface area contributed by atoms with E-state index in [2.05, 4.69) is 50.2 Å². The van der Waals surface area contributed by atoms with Crippen LogP contribution in [0.4, 0.5) is 0 Å². The maximum Gasteiger partial charge on any atom is 0.320 e. The number of aromatic nitrogens is 3. The van der Waals surface area contributed by atoms with Gasteiger partial charge in [-0.2, -0.15) is 9.97 Å². The fourth-order valence-electron chi connectivity index (χ4n) is 3.90. The van der Waals surface area contributed by atoms with E-state index in [0.717, 1.165) is 31.6 Å². The molecule has 0 amide bonds. The molecular weight excluding hydrogens is 396 g/mol. The number of benzene rings is 2. The maximum absolute atomic E-state index is 5.84. The van der Waals surface area contributed by atoms with Crippen molar-refractivity contribution in [1.29, 1.82) is 0 Å². The van der Waals surface area contributed by atoms with E-state index in [0.29, 0.717) is 30.2 Å². The smallest absolute Gasteiger partial charge is 0.320 e. The first-order valence-corrected chi connectivity index (χ1v) is 10.5. The van der Waals surface area contributed by atoms with Crippen molar-refractivity contribution in [3.63, 3.8) is 0 Å². The van der Waals surface area contributed by atoms with Gasteiger partial charge in [-0.25, -0.2) is 4.98 Å². The van der Waals surface area contributed by atoms with E-state index in [1.54, 1.807) is 0 Å². The van der Waals surface area contributed by atoms with Crippen molar-refractivity contribution >= 4 is 12.4 Å². The molecule has 0 aliphatic carbocycles. The van der Waals surface area contributed by atoms with E-state index in [1.165, 1.54) is 18.4 Å². The third kappa shape index (κ3) is 6.00. The van der Waals surface area contributed by atoms with Gasteiger partial charge >= 0.3 is 6.01 Å². The van der Waals surface area contributed by atoms with Gasteiger partial charge in [0.25, 0.3) is 0 Å². The Morgan fingerprint density at radius 1 is 0.900 bits per heavy atom. The SMILES string of the molecule is Cc1nc(OCCCN2CCC(c3ccccc3)CC2)nc(-c2ccccc2)n1.Cl. The van der Waals surface area contributed by atoms with Crippen LogP contribution in [0.1, 0.15) is 36.6 Å². The normalized spacial score (nSPS) is 14.8. The first-order valence-electron chi connectivity index (χ1n) is 10.5. The Balaban J connectivity index is 0.00000256. The average molecular weight is 425 g/mol. The molecule has 1 fully saturated rings. The van der Waals surface area contributed by atoms with E-state index in [4.69, 9.17) is 4.74 Å². The highest BCUT2D eigenvalue weighted by Gasteiger charge is 2.20. The van der Waals surface area contributed by atoms with Gasteiger partial charge in [0.05, 0.1) is 6.61 Å². The summed E-state index contributed by atoms with van der Waals surface area (Å²) in [7, 11) is 0. The van der Waals surface area contributed by atoms with Gasteiger partial charge in [-0.3, -0.25) is 0 Å². The summed E-state index contributed by atoms with van der Waals surface area (Å²) in [6.45, 7) is 5.86. The minimum absolute atomic E-state index is 0. The Hall–Kier alpha value is -2.50. The molecular formula is C24H29ClN4O. The molecule has 2 heterocycles. The lowest BCUT2D eigenvalue weighted by atomic mass is 9.89. The molecule has 158 valence electrons. The molecule has 1 aliphatic heterocycles. The first kappa shape index (κ1) is 22.2. The van der Waals surface area contributed by atoms with Gasteiger partial charge in [0.2, 0.25) is 0 Å². The van der Waals surface area contributed by atoms with Crippen LogP contribution in [-0.2, 0) is 0 Å². The van der Waals surface area contributed by atoms with Crippen LogP contribution in [0.3, 0.4) is 0 Å². The number of likely N-dealkylation sites (tertiary alicyclic amines) is 1. The van der Waals surface area contributed by atoms with Gasteiger partial charge in [0, 0.05) is 12.1 Å². The van der Waals surface area contributed by atoms with Gasteiger partial charge in [-0.1, -0.05) is 60.7 Å². The van der Waals surface area contributed by atoms with Crippen LogP contribution >= 0.6 is 12.4 Å². The van der Waals surface area contributed by atoms with Crippen molar-refractivity contribution in [1.82, 2.24) is 19.9 Å². The Morgan fingerprint density at radius 2 is 1.57 bits per heavy atom. The van der Waals surface area contributed by atoms with Crippen LogP contribution in [0.2, 0.25) is 0 Å². The molecule has 1 aromatic heterocycles. The van der Waals surface area contributed by atoms with E-state index in [1.807, 2.05) is 37.3 Å². The number of aryl methyl sites for hydroxylation is 1. The zero-order chi connectivity index (χ0) is 19.9. The van der Waals surface area contributed by atoms with Gasteiger partial charge in [0.15, 0.2) is 5.82 Å². The predicted octanol–water partition coefficient (Wildman–Crippen LogP) is 4.92. The predicted molar refractivity (Wildman–Crippen MR) is 122 cm³/mol. The molecule has 6 heteroatoms. The molecule has 2 aromatic carbocycles. The van der Waals surface area contributed by atoms with Crippen LogP contribution in [-0.4, -0.2) is 46.1 Å². The Kier molecular flexibility index (Phi) is 8.17. The zero-order valence-corrected chi connectivity index (χ0v) is 18.2. The van der Waals surface area contributed by atoms with Gasteiger partial charge in [-0.15, -0.1) is 12.4 Å². The summed E-state index contributed by atoms with van der Waals surface area (Å²) in [5.74, 6) is 2.04. The Bertz CT molecular complexity index is 900. The van der Waals surface area contributed by atoms with Crippen molar-refractivity contribution in [2.24, 2.45) is 0 Å². The van der Waals surface area contributed by atoms with Crippen molar-refractivity contribution < 1.29 is 4.74 Å². The second kappa shape index (κ2) is 11.0. The highest BCUT2D eigenvalue weighted by Crippen LogP contribution is 2.27. The van der Waals surface area contributed by atoms with Crippen LogP contribution in [0.15, 0.2) is 60.7 Å². The lowest BCUT2D eigenvalue weighted by Crippen LogP contribution is -2.34. The molecule has 0 unspecified atom stereocenters. The van der Waals surface area contributed by atoms with Crippen molar-refractivity contribution in [2.45, 2.75) is 32.1 Å². The van der Waals surface area contributed by atoms with Crippen LogP contribution in [0.5, 0.6) is 6.01 Å². The lowest BCUT2D eigenvalue weighted by molar-refractivity contribution is 0.189. The van der Waals surface area contributed by atoms with Crippen molar-refractivity contribution in [2.75, 3.05) is 26.2 Å². The van der Waals surface area contributed by atoms with Gasteiger partial charge in [0.1, 0.15) is 5.82 Å². The number of hydrogen-bond acceptors (Lipinski definition) is 5. The summed E-state index contributed by atoms with van der Waals surface area (Å²) < 4.78 is 5.84. The molecule has 0 bridgehead atoms. The third-order valence-electron chi connectivity index (χ3n) is 5.47. The van der Waals surface area contributed by atoms with E-state index >= 15 is 0 Å². The average Bonchev–Trinajstić information content (AvgIpc) is 2.78. The van der Waals surface area contributed by atoms with E-state index in [9.17, 15) is 0 Å². The molecule has 1 saturated heterocycles. The molecule has 3 aromatic rings. The number of piperidine rings is 1. The molecule has 30 heavy (non-hydrogen) atoms. The summed E-state index contributed by atoms with van der Waals surface area (Å²) in [6.07, 6.45) is 3.44. The highest BCUT2D eigenvalue weighted by molar-refractivity contribution is 5.85. The number of hydrogen-bond donors (Lipinski definition) is 0. The molecule has 5 nitrogen and oxygen atoms in total. The summed E-state index contributed by atoms with van der Waals surface area (Å²) in [5, 5.41) is 0. The molecule has 0 spiro atoms. The largest absolute Gasteiger partial charge is 0.463 e. The quantitative estimate of drug-likeness (QED) is 0.504. The summed E-state index contributed by atoms with van der Waals surface area (Å²) >= 11 is 0. The first-order chi connectivity index (χ1) is 14.3. The fourth-order valence-corrected chi connectivity index (χ4v) is 3.90. The van der Waals surface area contributed by atoms with Gasteiger partial charge < -0.3 is 9.64 Å². The van der Waals surface area contributed by atoms with Crippen molar-refractivity contribution in [3.8, 4) is 17.4 Å². The number of rotatable bonds is 7. The second-order valence-corrected chi connectivity index (χ2v) is 7.58. The van der Waals surface area contributed by atoms with Crippen molar-refractivity contribution in [3.05, 3.63) is 72.1 Å². The molecule has 1 aliphatic rings. The number of halogens is 1. The van der Waals surface area contributed by atoms with Crippen LogP contribution in [0.25, 0.3) is 11.4 Å². The van der Waals surface area contributed by atoms with Crippen LogP contribution < -0.4 is 4.74 Å². The minimum Gasteiger partial charge on any atom is -0.463 e. The molecule has 0 atom stereocenters. The molecule has 0 N–H and O–H groups in total. The van der Waals surface area contributed by atoms with Gasteiger partial charge in [-0.05, 0) is 50.8 Å². The molecule has 0 radical (unpaired) electrons. The maximum atomic E-state index is 5.84. The fraction of sp³-hybridized carbons (Fsp3) is 0.375. The third-order valence-corrected chi connectivity index (χ3v) is 5.47. The highest BCUT2D eigenvalue weighted by atomic mass is 35.5. The molecule has 0 saturated carbocycles. The Labute approximate surface area is 185 Å². The Morgan fingerprint density at radius 3 is 2.27 bits per heavy atom. The standard InChI is InChI=1S/C24H28N4O.ClH/c1-19-25-23(22-11-6-3-7-12-22)27-24(26-19)29-18-8-15-28-16-13-21(14-17-28)20-9-4-2-5-10-20;/h2-7,9-12,21H,8,13-18H2,1H3;1H. The molecule has 4 rings (SSSR count). The van der Waals surface area contributed by atoms with E-state index in [-0.39, 0.29) is 12.4 Å². The minimum atomic E-state index is 0. The topological polar surface area (TPSA) is 51.1 Å². The lowest BCUT2D eigenvalue weighted by Gasteiger charge is -2.32.